The minimum atomic E-state index is -3.73. The highest BCUT2D eigenvalue weighted by Crippen LogP contribution is 2.20. The van der Waals surface area contributed by atoms with Crippen LogP contribution in [0, 0.1) is 12.8 Å². The van der Waals surface area contributed by atoms with Gasteiger partial charge in [0, 0.05) is 25.6 Å². The first-order valence-corrected chi connectivity index (χ1v) is 11.5. The zero-order valence-electron chi connectivity index (χ0n) is 17.8. The molecule has 0 saturated carbocycles. The fraction of sp³-hybridized carbons (Fsp3) is 0.667. The Bertz CT molecular complexity index is 754. The van der Waals surface area contributed by atoms with Crippen LogP contribution in [0.1, 0.15) is 45.6 Å². The first-order chi connectivity index (χ1) is 13.6. The van der Waals surface area contributed by atoms with Gasteiger partial charge < -0.3 is 14.4 Å². The predicted octanol–water partition coefficient (Wildman–Crippen LogP) is 3.75. The fourth-order valence-electron chi connectivity index (χ4n) is 3.05. The number of carbonyl (C=O) groups excluding carboxylic acids is 1. The van der Waals surface area contributed by atoms with E-state index >= 15 is 0 Å². The van der Waals surface area contributed by atoms with Gasteiger partial charge in [0.25, 0.3) is 10.1 Å². The molecule has 8 heteroatoms. The maximum atomic E-state index is 12.2. The van der Waals surface area contributed by atoms with E-state index in [1.54, 1.807) is 29.2 Å². The molecule has 1 aliphatic rings. The van der Waals surface area contributed by atoms with E-state index in [4.69, 9.17) is 13.7 Å². The van der Waals surface area contributed by atoms with Crippen molar-refractivity contribution in [1.82, 2.24) is 4.90 Å². The highest BCUT2D eigenvalue weighted by atomic mass is 32.2. The molecule has 0 radical (unpaired) electrons. The number of aryl methyl sites for hydroxylation is 1. The van der Waals surface area contributed by atoms with Crippen LogP contribution >= 0.6 is 0 Å². The Labute approximate surface area is 174 Å². The molecule has 1 amide bonds. The standard InChI is InChI=1S/C21H33NO6S/c1-17-8-10-19(11-9-17)29(24,25)27-14-6-13-26-16-18-7-5-12-22(15-18)20(23)28-21(2,3)4/h8-11,18H,5-7,12-16H2,1-4H3/t18-/m0/s1. The summed E-state index contributed by atoms with van der Waals surface area (Å²) in [5.74, 6) is 0.258. The van der Waals surface area contributed by atoms with Crippen molar-refractivity contribution in [2.45, 2.75) is 57.5 Å². The van der Waals surface area contributed by atoms with Crippen LogP contribution < -0.4 is 0 Å². The number of hydrogen-bond donors (Lipinski definition) is 0. The van der Waals surface area contributed by atoms with Gasteiger partial charge in [-0.15, -0.1) is 0 Å². The third-order valence-electron chi connectivity index (χ3n) is 4.51. The maximum Gasteiger partial charge on any atom is 0.410 e. The molecule has 0 spiro atoms. The normalized spacial score (nSPS) is 17.9. The molecule has 1 saturated heterocycles. The Morgan fingerprint density at radius 3 is 2.52 bits per heavy atom. The third kappa shape index (κ3) is 8.32. The van der Waals surface area contributed by atoms with E-state index in [1.165, 1.54) is 0 Å². The van der Waals surface area contributed by atoms with Crippen LogP contribution in [-0.2, 0) is 23.8 Å². The summed E-state index contributed by atoms with van der Waals surface area (Å²) < 4.78 is 40.4. The summed E-state index contributed by atoms with van der Waals surface area (Å²) in [5.41, 5.74) is 0.490. The molecule has 1 atom stereocenters. The van der Waals surface area contributed by atoms with Gasteiger partial charge in [-0.25, -0.2) is 4.79 Å². The van der Waals surface area contributed by atoms with Crippen molar-refractivity contribution in [2.24, 2.45) is 5.92 Å². The molecule has 1 fully saturated rings. The molecule has 2 rings (SSSR count). The van der Waals surface area contributed by atoms with Crippen molar-refractivity contribution in [1.29, 1.82) is 0 Å². The van der Waals surface area contributed by atoms with Crippen LogP contribution in [0.2, 0.25) is 0 Å². The minimum Gasteiger partial charge on any atom is -0.444 e. The molecule has 0 aromatic heterocycles. The zero-order valence-corrected chi connectivity index (χ0v) is 18.7. The van der Waals surface area contributed by atoms with Gasteiger partial charge in [-0.3, -0.25) is 4.18 Å². The highest BCUT2D eigenvalue weighted by Gasteiger charge is 2.27. The molecular formula is C21H33NO6S. The Kier molecular flexibility index (Phi) is 8.48. The Morgan fingerprint density at radius 1 is 1.17 bits per heavy atom. The van der Waals surface area contributed by atoms with Crippen molar-refractivity contribution in [3.05, 3.63) is 29.8 Å². The number of ether oxygens (including phenoxy) is 2. The Hall–Kier alpha value is -1.64. The molecule has 1 aromatic carbocycles. The van der Waals surface area contributed by atoms with Gasteiger partial charge in [0.15, 0.2) is 0 Å². The zero-order chi connectivity index (χ0) is 21.5. The summed E-state index contributed by atoms with van der Waals surface area (Å²) in [6, 6.07) is 6.56. The van der Waals surface area contributed by atoms with Gasteiger partial charge in [-0.2, -0.15) is 8.42 Å². The molecule has 7 nitrogen and oxygen atoms in total. The predicted molar refractivity (Wildman–Crippen MR) is 110 cm³/mol. The van der Waals surface area contributed by atoms with E-state index in [0.29, 0.717) is 32.7 Å². The number of amides is 1. The Balaban J connectivity index is 1.65. The number of rotatable bonds is 8. The largest absolute Gasteiger partial charge is 0.444 e. The summed E-state index contributed by atoms with van der Waals surface area (Å²) in [5, 5.41) is 0. The highest BCUT2D eigenvalue weighted by molar-refractivity contribution is 7.86. The lowest BCUT2D eigenvalue weighted by atomic mass is 9.99. The molecule has 0 N–H and O–H groups in total. The monoisotopic (exact) mass is 427 g/mol. The van der Waals surface area contributed by atoms with Crippen molar-refractivity contribution in [3.8, 4) is 0 Å². The van der Waals surface area contributed by atoms with E-state index in [-0.39, 0.29) is 23.5 Å². The van der Waals surface area contributed by atoms with Crippen molar-refractivity contribution < 1.29 is 26.9 Å². The molecule has 1 aliphatic heterocycles. The van der Waals surface area contributed by atoms with Crippen LogP contribution in [0.15, 0.2) is 29.2 Å². The SMILES string of the molecule is Cc1ccc(S(=O)(=O)OCCCOC[C@H]2CCCN(C(=O)OC(C)(C)C)C2)cc1. The number of benzene rings is 1. The average Bonchev–Trinajstić information content (AvgIpc) is 2.64. The first kappa shape index (κ1) is 23.6. The number of nitrogens with zero attached hydrogens (tertiary/aromatic N) is 1. The van der Waals surface area contributed by atoms with E-state index in [9.17, 15) is 13.2 Å². The second-order valence-corrected chi connectivity index (χ2v) is 10.1. The second-order valence-electron chi connectivity index (χ2n) is 8.45. The Morgan fingerprint density at radius 2 is 1.86 bits per heavy atom. The summed E-state index contributed by atoms with van der Waals surface area (Å²) in [4.78, 5) is 14.1. The first-order valence-electron chi connectivity index (χ1n) is 10.1. The fourth-order valence-corrected chi connectivity index (χ4v) is 3.99. The van der Waals surface area contributed by atoms with Gasteiger partial charge in [-0.1, -0.05) is 17.7 Å². The molecule has 1 aromatic rings. The van der Waals surface area contributed by atoms with Crippen LogP contribution in [-0.4, -0.2) is 57.9 Å². The number of carbonyl (C=O) groups is 1. The number of piperidine rings is 1. The minimum absolute atomic E-state index is 0.0743. The quantitative estimate of drug-likeness (QED) is 0.464. The van der Waals surface area contributed by atoms with E-state index in [0.717, 1.165) is 18.4 Å². The lowest BCUT2D eigenvalue weighted by Crippen LogP contribution is -2.43. The van der Waals surface area contributed by atoms with Gasteiger partial charge >= 0.3 is 6.09 Å². The molecule has 1 heterocycles. The second kappa shape index (κ2) is 10.4. The maximum absolute atomic E-state index is 12.2. The smallest absolute Gasteiger partial charge is 0.410 e. The molecule has 164 valence electrons. The van der Waals surface area contributed by atoms with Crippen molar-refractivity contribution in [3.63, 3.8) is 0 Å². The lowest BCUT2D eigenvalue weighted by Gasteiger charge is -2.34. The lowest BCUT2D eigenvalue weighted by molar-refractivity contribution is 0.00696. The van der Waals surface area contributed by atoms with Crippen molar-refractivity contribution >= 4 is 16.2 Å². The summed E-state index contributed by atoms with van der Waals surface area (Å²) in [7, 11) is -3.73. The molecule has 0 unspecified atom stereocenters. The van der Waals surface area contributed by atoms with Crippen molar-refractivity contribution in [2.75, 3.05) is 32.9 Å². The third-order valence-corrected chi connectivity index (χ3v) is 5.83. The topological polar surface area (TPSA) is 82.1 Å². The summed E-state index contributed by atoms with van der Waals surface area (Å²) >= 11 is 0. The van der Waals surface area contributed by atoms with E-state index in [2.05, 4.69) is 0 Å². The van der Waals surface area contributed by atoms with Crippen LogP contribution in [0.4, 0.5) is 4.79 Å². The number of hydrogen-bond acceptors (Lipinski definition) is 6. The van der Waals surface area contributed by atoms with Crippen LogP contribution in [0.25, 0.3) is 0 Å². The van der Waals surface area contributed by atoms with Gasteiger partial charge in [0.1, 0.15) is 5.60 Å². The van der Waals surface area contributed by atoms with E-state index < -0.39 is 15.7 Å². The molecule has 0 bridgehead atoms. The van der Waals surface area contributed by atoms with Gasteiger partial charge in [0.2, 0.25) is 0 Å². The van der Waals surface area contributed by atoms with Crippen LogP contribution in [0.3, 0.4) is 0 Å². The van der Waals surface area contributed by atoms with Crippen LogP contribution in [0.5, 0.6) is 0 Å². The molecule has 0 aliphatic carbocycles. The number of likely N-dealkylation sites (tertiary alicyclic amines) is 1. The van der Waals surface area contributed by atoms with Gasteiger partial charge in [0.05, 0.1) is 18.1 Å². The summed E-state index contributed by atoms with van der Waals surface area (Å²) in [6.07, 6.45) is 2.12. The molecule has 29 heavy (non-hydrogen) atoms. The van der Waals surface area contributed by atoms with E-state index in [1.807, 2.05) is 27.7 Å². The van der Waals surface area contributed by atoms with Gasteiger partial charge in [-0.05, 0) is 59.1 Å². The summed E-state index contributed by atoms with van der Waals surface area (Å²) in [6.45, 7) is 9.81. The molecular weight excluding hydrogens is 394 g/mol. The average molecular weight is 428 g/mol.